The Hall–Kier alpha value is -3.46. The largest absolute Gasteiger partial charge is 0.497 e. The van der Waals surface area contributed by atoms with Crippen LogP contribution in [-0.4, -0.2) is 38.1 Å². The van der Waals surface area contributed by atoms with E-state index in [0.29, 0.717) is 5.75 Å². The zero-order valence-corrected chi connectivity index (χ0v) is 19.6. The molecule has 3 aromatic rings. The van der Waals surface area contributed by atoms with E-state index in [0.717, 1.165) is 16.7 Å². The number of methoxy groups -OCH3 is 1. The lowest BCUT2D eigenvalue weighted by Crippen LogP contribution is -2.60. The van der Waals surface area contributed by atoms with Crippen LogP contribution in [0.1, 0.15) is 5.56 Å². The van der Waals surface area contributed by atoms with Gasteiger partial charge in [-0.3, -0.25) is 0 Å². The molecule has 0 spiro atoms. The van der Waals surface area contributed by atoms with Crippen LogP contribution in [-0.2, 0) is 26.0 Å². The van der Waals surface area contributed by atoms with Crippen molar-refractivity contribution < 1.29 is 27.8 Å². The van der Waals surface area contributed by atoms with Crippen LogP contribution in [0.5, 0.6) is 5.75 Å². The Morgan fingerprint density at radius 3 is 2.09 bits per heavy atom. The molecule has 0 radical (unpaired) electrons. The van der Waals surface area contributed by atoms with Gasteiger partial charge in [0, 0.05) is 5.92 Å². The second-order valence-corrected chi connectivity index (χ2v) is 9.85. The number of ether oxygens (including phenoxy) is 2. The van der Waals surface area contributed by atoms with Gasteiger partial charge in [-0.05, 0) is 41.0 Å². The number of sulfone groups is 1. The number of rotatable bonds is 11. The average molecular weight is 482 g/mol. The first-order valence-electron chi connectivity index (χ1n) is 10.5. The van der Waals surface area contributed by atoms with Crippen LogP contribution in [0.4, 0.5) is 0 Å². The SMILES string of the molecule is C=CC(COCc1ccccc1)C(N)(C(=O)O)S(=O)(=O)c1ccc(-c2ccc(OC)cc2)cc1. The summed E-state index contributed by atoms with van der Waals surface area (Å²) in [5.74, 6) is -2.18. The highest BCUT2D eigenvalue weighted by Gasteiger charge is 2.53. The molecule has 0 bridgehead atoms. The maximum Gasteiger partial charge on any atom is 0.340 e. The van der Waals surface area contributed by atoms with E-state index in [2.05, 4.69) is 6.58 Å². The molecule has 0 amide bonds. The Bertz CT molecular complexity index is 1220. The first kappa shape index (κ1) is 25.2. The van der Waals surface area contributed by atoms with Crippen LogP contribution >= 0.6 is 0 Å². The first-order chi connectivity index (χ1) is 16.2. The predicted molar refractivity (Wildman–Crippen MR) is 130 cm³/mol. The molecular formula is C26H27NO6S. The van der Waals surface area contributed by atoms with E-state index in [1.807, 2.05) is 42.5 Å². The van der Waals surface area contributed by atoms with E-state index >= 15 is 0 Å². The van der Waals surface area contributed by atoms with Crippen molar-refractivity contribution in [1.82, 2.24) is 0 Å². The standard InChI is InChI=1S/C26H27NO6S/c1-3-22(18-33-17-19-7-5-4-6-8-19)26(27,25(28)29)34(30,31)24-15-11-21(12-16-24)20-9-13-23(32-2)14-10-20/h3-16,22H,1,17-18,27H2,2H3,(H,28,29). The molecule has 0 saturated carbocycles. The second kappa shape index (κ2) is 10.6. The summed E-state index contributed by atoms with van der Waals surface area (Å²) in [6, 6.07) is 22.4. The van der Waals surface area contributed by atoms with Crippen LogP contribution < -0.4 is 10.5 Å². The molecule has 0 fully saturated rings. The highest BCUT2D eigenvalue weighted by atomic mass is 32.2. The Morgan fingerprint density at radius 2 is 1.59 bits per heavy atom. The maximum atomic E-state index is 13.4. The van der Waals surface area contributed by atoms with Crippen LogP contribution in [0.2, 0.25) is 0 Å². The number of nitrogens with two attached hydrogens (primary N) is 1. The number of carbonyl (C=O) groups is 1. The van der Waals surface area contributed by atoms with Gasteiger partial charge >= 0.3 is 5.97 Å². The van der Waals surface area contributed by atoms with Crippen LogP contribution in [0.15, 0.2) is 96.4 Å². The molecular weight excluding hydrogens is 454 g/mol. The molecule has 0 aliphatic rings. The molecule has 3 rings (SSSR count). The summed E-state index contributed by atoms with van der Waals surface area (Å²) in [4.78, 5) is 9.34. The summed E-state index contributed by atoms with van der Waals surface area (Å²) in [5.41, 5.74) is 8.58. The Labute approximate surface area is 199 Å². The Morgan fingerprint density at radius 1 is 1.03 bits per heavy atom. The molecule has 7 nitrogen and oxygen atoms in total. The maximum absolute atomic E-state index is 13.4. The average Bonchev–Trinajstić information content (AvgIpc) is 2.86. The van der Waals surface area contributed by atoms with E-state index < -0.39 is 26.6 Å². The minimum absolute atomic E-state index is 0.178. The Balaban J connectivity index is 1.85. The summed E-state index contributed by atoms with van der Waals surface area (Å²) in [6.07, 6.45) is 1.21. The van der Waals surface area contributed by atoms with Crippen molar-refractivity contribution >= 4 is 15.8 Å². The summed E-state index contributed by atoms with van der Waals surface area (Å²) in [6.45, 7) is 3.56. The van der Waals surface area contributed by atoms with E-state index in [4.69, 9.17) is 15.2 Å². The quantitative estimate of drug-likeness (QED) is 0.399. The summed E-state index contributed by atoms with van der Waals surface area (Å²) >= 11 is 0. The third-order valence-corrected chi connectivity index (χ3v) is 7.87. The van der Waals surface area contributed by atoms with Crippen molar-refractivity contribution in [3.63, 3.8) is 0 Å². The zero-order valence-electron chi connectivity index (χ0n) is 18.8. The van der Waals surface area contributed by atoms with Gasteiger partial charge in [-0.1, -0.05) is 60.7 Å². The lowest BCUT2D eigenvalue weighted by molar-refractivity contribution is -0.141. The molecule has 0 saturated heterocycles. The smallest absolute Gasteiger partial charge is 0.340 e. The first-order valence-corrected chi connectivity index (χ1v) is 12.0. The number of aliphatic carboxylic acids is 1. The highest BCUT2D eigenvalue weighted by Crippen LogP contribution is 2.32. The number of carboxylic acids is 1. The molecule has 0 aliphatic heterocycles. The van der Waals surface area contributed by atoms with E-state index in [1.165, 1.54) is 18.2 Å². The predicted octanol–water partition coefficient (Wildman–Crippen LogP) is 3.89. The van der Waals surface area contributed by atoms with Crippen LogP contribution in [0.25, 0.3) is 11.1 Å². The van der Waals surface area contributed by atoms with Gasteiger partial charge in [-0.15, -0.1) is 6.58 Å². The van der Waals surface area contributed by atoms with Crippen molar-refractivity contribution in [2.24, 2.45) is 11.7 Å². The Kier molecular flexibility index (Phi) is 7.88. The number of hydrogen-bond donors (Lipinski definition) is 2. The van der Waals surface area contributed by atoms with Gasteiger partial charge < -0.3 is 20.3 Å². The molecule has 3 N–H and O–H groups in total. The monoisotopic (exact) mass is 481 g/mol. The van der Waals surface area contributed by atoms with Crippen molar-refractivity contribution in [3.8, 4) is 16.9 Å². The van der Waals surface area contributed by atoms with Crippen molar-refractivity contribution in [2.45, 2.75) is 16.4 Å². The summed E-state index contributed by atoms with van der Waals surface area (Å²) in [7, 11) is -2.94. The van der Waals surface area contributed by atoms with Crippen LogP contribution in [0, 0.1) is 5.92 Å². The molecule has 2 atom stereocenters. The van der Waals surface area contributed by atoms with Gasteiger partial charge in [0.25, 0.3) is 0 Å². The number of hydrogen-bond acceptors (Lipinski definition) is 6. The van der Waals surface area contributed by atoms with E-state index in [1.54, 1.807) is 31.4 Å². The molecule has 0 aliphatic carbocycles. The van der Waals surface area contributed by atoms with Gasteiger partial charge in [-0.25, -0.2) is 13.2 Å². The van der Waals surface area contributed by atoms with Gasteiger partial charge in [-0.2, -0.15) is 0 Å². The molecule has 3 aromatic carbocycles. The molecule has 34 heavy (non-hydrogen) atoms. The van der Waals surface area contributed by atoms with Gasteiger partial charge in [0.1, 0.15) is 5.75 Å². The van der Waals surface area contributed by atoms with Crippen molar-refractivity contribution in [1.29, 1.82) is 0 Å². The van der Waals surface area contributed by atoms with E-state index in [-0.39, 0.29) is 18.1 Å². The van der Waals surface area contributed by atoms with Gasteiger partial charge in [0.15, 0.2) is 0 Å². The minimum Gasteiger partial charge on any atom is -0.497 e. The minimum atomic E-state index is -4.51. The molecule has 0 heterocycles. The number of benzene rings is 3. The van der Waals surface area contributed by atoms with Gasteiger partial charge in [0.2, 0.25) is 14.7 Å². The fourth-order valence-electron chi connectivity index (χ4n) is 3.52. The lowest BCUT2D eigenvalue weighted by atomic mass is 10.0. The van der Waals surface area contributed by atoms with Crippen molar-refractivity contribution in [2.75, 3.05) is 13.7 Å². The normalized spacial score (nSPS) is 14.1. The zero-order chi connectivity index (χ0) is 24.8. The third-order valence-electron chi connectivity index (χ3n) is 5.61. The molecule has 0 aromatic heterocycles. The second-order valence-electron chi connectivity index (χ2n) is 7.70. The van der Waals surface area contributed by atoms with E-state index in [9.17, 15) is 18.3 Å². The molecule has 178 valence electrons. The van der Waals surface area contributed by atoms with Crippen molar-refractivity contribution in [3.05, 3.63) is 97.1 Å². The topological polar surface area (TPSA) is 116 Å². The third kappa shape index (κ3) is 5.04. The summed E-state index contributed by atoms with van der Waals surface area (Å²) < 4.78 is 37.6. The fraction of sp³-hybridized carbons (Fsp3) is 0.192. The number of carboxylic acid groups (broad SMARTS) is 1. The lowest BCUT2D eigenvalue weighted by Gasteiger charge is -2.31. The highest BCUT2D eigenvalue weighted by molar-refractivity contribution is 7.93. The fourth-order valence-corrected chi connectivity index (χ4v) is 5.20. The van der Waals surface area contributed by atoms with Crippen LogP contribution in [0.3, 0.4) is 0 Å². The molecule has 8 heteroatoms. The summed E-state index contributed by atoms with van der Waals surface area (Å²) in [5, 5.41) is 9.91. The van der Waals surface area contributed by atoms with Gasteiger partial charge in [0.05, 0.1) is 25.2 Å². The molecule has 2 unspecified atom stereocenters.